The number of halogens is 1. The van der Waals surface area contributed by atoms with E-state index in [0.717, 1.165) is 37.3 Å². The Morgan fingerprint density at radius 2 is 1.63 bits per heavy atom. The summed E-state index contributed by atoms with van der Waals surface area (Å²) >= 11 is 5.94. The molecule has 6 heteroatoms. The van der Waals surface area contributed by atoms with Crippen molar-refractivity contribution in [2.24, 2.45) is 5.92 Å². The summed E-state index contributed by atoms with van der Waals surface area (Å²) in [5, 5.41) is 11.4. The number of hydrogen-bond donors (Lipinski definition) is 1. The summed E-state index contributed by atoms with van der Waals surface area (Å²) in [6.45, 7) is 3.40. The van der Waals surface area contributed by atoms with Crippen molar-refractivity contribution in [1.29, 1.82) is 0 Å². The van der Waals surface area contributed by atoms with Crippen LogP contribution in [-0.4, -0.2) is 47.1 Å². The topological polar surface area (TPSA) is 56.7 Å². The first-order chi connectivity index (χ1) is 14.6. The number of carbonyl (C=O) groups excluding carboxylic acids is 1. The van der Waals surface area contributed by atoms with Gasteiger partial charge in [-0.05, 0) is 61.4 Å². The van der Waals surface area contributed by atoms with E-state index in [0.29, 0.717) is 23.7 Å². The highest BCUT2D eigenvalue weighted by Gasteiger charge is 2.29. The van der Waals surface area contributed by atoms with Crippen LogP contribution >= 0.6 is 11.6 Å². The molecule has 0 spiro atoms. The molecule has 160 valence electrons. The van der Waals surface area contributed by atoms with Gasteiger partial charge in [0.25, 0.3) is 5.91 Å². The van der Waals surface area contributed by atoms with Crippen LogP contribution in [0.3, 0.4) is 0 Å². The Kier molecular flexibility index (Phi) is 6.90. The van der Waals surface area contributed by atoms with Gasteiger partial charge in [-0.3, -0.25) is 4.79 Å². The molecule has 2 fully saturated rings. The number of aromatic nitrogens is 1. The highest BCUT2D eigenvalue weighted by atomic mass is 35.5. The average Bonchev–Trinajstić information content (AvgIpc) is 3.09. The molecule has 2 saturated heterocycles. The summed E-state index contributed by atoms with van der Waals surface area (Å²) in [4.78, 5) is 21.7. The van der Waals surface area contributed by atoms with Gasteiger partial charge in [-0.15, -0.1) is 0 Å². The summed E-state index contributed by atoms with van der Waals surface area (Å²) in [7, 11) is 0. The van der Waals surface area contributed by atoms with E-state index in [4.69, 9.17) is 11.6 Å². The average molecular weight is 428 g/mol. The molecule has 3 heterocycles. The summed E-state index contributed by atoms with van der Waals surface area (Å²) in [5.41, 5.74) is 1.53. The highest BCUT2D eigenvalue weighted by molar-refractivity contribution is 6.30. The standard InChI is InChI=1S/C24H30ClN3O2/c25-21-8-5-18(6-9-21)23(29)19-11-15-28(16-12-19)24(30)20-7-10-22(26-17-20)27-13-3-1-2-4-14-27/h5-10,17,19,23,29H,1-4,11-16H2/t23-/m0/s1. The number of amides is 1. The molecule has 1 N–H and O–H groups in total. The molecular formula is C24H30ClN3O2. The van der Waals surface area contributed by atoms with Gasteiger partial charge >= 0.3 is 0 Å². The van der Waals surface area contributed by atoms with Crippen LogP contribution in [0.1, 0.15) is 60.6 Å². The normalized spacial score (nSPS) is 19.4. The smallest absolute Gasteiger partial charge is 0.255 e. The minimum absolute atomic E-state index is 0.0318. The zero-order valence-corrected chi connectivity index (χ0v) is 18.1. The second-order valence-electron chi connectivity index (χ2n) is 8.43. The SMILES string of the molecule is O=C(c1ccc(N2CCCCCC2)nc1)N1CCC([C@@H](O)c2ccc(Cl)cc2)CC1. The largest absolute Gasteiger partial charge is 0.388 e. The maximum Gasteiger partial charge on any atom is 0.255 e. The Hall–Kier alpha value is -2.11. The van der Waals surface area contributed by atoms with Gasteiger partial charge in [0.2, 0.25) is 0 Å². The quantitative estimate of drug-likeness (QED) is 0.768. The van der Waals surface area contributed by atoms with E-state index in [1.807, 2.05) is 29.2 Å². The van der Waals surface area contributed by atoms with Crippen molar-refractivity contribution in [2.45, 2.75) is 44.6 Å². The van der Waals surface area contributed by atoms with Gasteiger partial charge in [0, 0.05) is 37.4 Å². The molecule has 2 aromatic rings. The first kappa shape index (κ1) is 21.1. The number of hydrogen-bond acceptors (Lipinski definition) is 4. The fourth-order valence-electron chi connectivity index (χ4n) is 4.53. The number of aliphatic hydroxyl groups excluding tert-OH is 1. The number of nitrogens with zero attached hydrogens (tertiary/aromatic N) is 3. The maximum absolute atomic E-state index is 12.9. The van der Waals surface area contributed by atoms with Gasteiger partial charge in [0.15, 0.2) is 0 Å². The van der Waals surface area contributed by atoms with Crippen molar-refractivity contribution < 1.29 is 9.90 Å². The predicted octanol–water partition coefficient (Wildman–Crippen LogP) is 4.70. The molecular weight excluding hydrogens is 398 g/mol. The van der Waals surface area contributed by atoms with Crippen LogP contribution < -0.4 is 4.90 Å². The molecule has 5 nitrogen and oxygen atoms in total. The van der Waals surface area contributed by atoms with E-state index in [-0.39, 0.29) is 11.8 Å². The van der Waals surface area contributed by atoms with Crippen molar-refractivity contribution in [3.05, 3.63) is 58.7 Å². The van der Waals surface area contributed by atoms with Crippen LogP contribution in [0.2, 0.25) is 5.02 Å². The second kappa shape index (κ2) is 9.80. The van der Waals surface area contributed by atoms with Crippen molar-refractivity contribution in [1.82, 2.24) is 9.88 Å². The number of anilines is 1. The van der Waals surface area contributed by atoms with Gasteiger partial charge in [-0.1, -0.05) is 36.6 Å². The minimum atomic E-state index is -0.519. The number of rotatable bonds is 4. The molecule has 2 aliphatic heterocycles. The lowest BCUT2D eigenvalue weighted by Gasteiger charge is -2.34. The molecule has 0 aliphatic carbocycles. The van der Waals surface area contributed by atoms with Crippen LogP contribution in [0, 0.1) is 5.92 Å². The molecule has 0 saturated carbocycles. The third-order valence-electron chi connectivity index (χ3n) is 6.41. The molecule has 1 aromatic heterocycles. The highest BCUT2D eigenvalue weighted by Crippen LogP contribution is 2.31. The molecule has 0 radical (unpaired) electrons. The zero-order chi connectivity index (χ0) is 20.9. The van der Waals surface area contributed by atoms with E-state index in [1.165, 1.54) is 25.7 Å². The van der Waals surface area contributed by atoms with Gasteiger partial charge in [0.1, 0.15) is 5.82 Å². The Bertz CT molecular complexity index is 825. The fourth-order valence-corrected chi connectivity index (χ4v) is 4.66. The van der Waals surface area contributed by atoms with Crippen molar-refractivity contribution >= 4 is 23.3 Å². The van der Waals surface area contributed by atoms with E-state index in [9.17, 15) is 9.90 Å². The molecule has 1 atom stereocenters. The zero-order valence-electron chi connectivity index (χ0n) is 17.3. The fraction of sp³-hybridized carbons (Fsp3) is 0.500. The third kappa shape index (κ3) is 4.96. The van der Waals surface area contributed by atoms with E-state index in [2.05, 4.69) is 9.88 Å². The predicted molar refractivity (Wildman–Crippen MR) is 120 cm³/mol. The molecule has 0 bridgehead atoms. The number of pyridine rings is 1. The maximum atomic E-state index is 12.9. The van der Waals surface area contributed by atoms with Gasteiger partial charge < -0.3 is 14.9 Å². The summed E-state index contributed by atoms with van der Waals surface area (Å²) in [6.07, 6.45) is 7.76. The van der Waals surface area contributed by atoms with Crippen LogP contribution in [0.4, 0.5) is 5.82 Å². The number of carbonyl (C=O) groups is 1. The van der Waals surface area contributed by atoms with Crippen molar-refractivity contribution in [3.8, 4) is 0 Å². The Morgan fingerprint density at radius 3 is 2.23 bits per heavy atom. The van der Waals surface area contributed by atoms with E-state index < -0.39 is 6.10 Å². The minimum Gasteiger partial charge on any atom is -0.388 e. The Balaban J connectivity index is 1.33. The number of piperidine rings is 1. The first-order valence-electron chi connectivity index (χ1n) is 11.1. The van der Waals surface area contributed by atoms with E-state index in [1.54, 1.807) is 18.3 Å². The second-order valence-corrected chi connectivity index (χ2v) is 8.87. The van der Waals surface area contributed by atoms with Crippen LogP contribution in [0.25, 0.3) is 0 Å². The molecule has 30 heavy (non-hydrogen) atoms. The van der Waals surface area contributed by atoms with Crippen LogP contribution in [0.15, 0.2) is 42.6 Å². The van der Waals surface area contributed by atoms with Gasteiger partial charge in [-0.25, -0.2) is 4.98 Å². The lowest BCUT2D eigenvalue weighted by atomic mass is 9.87. The molecule has 2 aliphatic rings. The summed E-state index contributed by atoms with van der Waals surface area (Å²) in [5.74, 6) is 1.15. The molecule has 1 aromatic carbocycles. The molecule has 0 unspecified atom stereocenters. The lowest BCUT2D eigenvalue weighted by Crippen LogP contribution is -2.39. The third-order valence-corrected chi connectivity index (χ3v) is 6.66. The monoisotopic (exact) mass is 427 g/mol. The van der Waals surface area contributed by atoms with Gasteiger partial charge in [-0.2, -0.15) is 0 Å². The lowest BCUT2D eigenvalue weighted by molar-refractivity contribution is 0.0462. The van der Waals surface area contributed by atoms with Gasteiger partial charge in [0.05, 0.1) is 11.7 Å². The van der Waals surface area contributed by atoms with Crippen LogP contribution in [-0.2, 0) is 0 Å². The van der Waals surface area contributed by atoms with Crippen LogP contribution in [0.5, 0.6) is 0 Å². The molecule has 1 amide bonds. The number of likely N-dealkylation sites (tertiary alicyclic amines) is 1. The summed E-state index contributed by atoms with van der Waals surface area (Å²) < 4.78 is 0. The van der Waals surface area contributed by atoms with E-state index >= 15 is 0 Å². The van der Waals surface area contributed by atoms with Crippen molar-refractivity contribution in [3.63, 3.8) is 0 Å². The summed E-state index contributed by atoms with van der Waals surface area (Å²) in [6, 6.07) is 11.3. The Morgan fingerprint density at radius 1 is 0.967 bits per heavy atom. The first-order valence-corrected chi connectivity index (χ1v) is 11.4. The van der Waals surface area contributed by atoms with Crippen molar-refractivity contribution in [2.75, 3.05) is 31.1 Å². The number of aliphatic hydroxyl groups is 1. The molecule has 4 rings (SSSR count). The Labute approximate surface area is 183 Å². The number of benzene rings is 1.